The molecule has 0 aliphatic carbocycles. The maximum Gasteiger partial charge on any atom is 0.256 e. The van der Waals surface area contributed by atoms with Crippen molar-refractivity contribution in [2.45, 2.75) is 13.8 Å². The summed E-state index contributed by atoms with van der Waals surface area (Å²) in [7, 11) is 3.14. The van der Waals surface area contributed by atoms with E-state index in [-0.39, 0.29) is 17.7 Å². The summed E-state index contributed by atoms with van der Waals surface area (Å²) in [6, 6.07) is 19.4. The zero-order valence-corrected chi connectivity index (χ0v) is 23.5. The number of ether oxygens (including phenoxy) is 2. The first-order valence-electron chi connectivity index (χ1n) is 13.5. The zero-order valence-electron chi connectivity index (χ0n) is 23.5. The molecule has 210 valence electrons. The molecule has 0 bridgehead atoms. The van der Waals surface area contributed by atoms with Crippen molar-refractivity contribution < 1.29 is 23.9 Å². The van der Waals surface area contributed by atoms with Gasteiger partial charge in [-0.05, 0) is 74.5 Å². The second kappa shape index (κ2) is 13.0. The molecule has 9 nitrogen and oxygen atoms in total. The first-order chi connectivity index (χ1) is 19.4. The summed E-state index contributed by atoms with van der Waals surface area (Å²) in [5.41, 5.74) is 2.90. The molecular weight excluding hydrogens is 508 g/mol. The summed E-state index contributed by atoms with van der Waals surface area (Å²) in [5.74, 6) is 0.866. The lowest BCUT2D eigenvalue weighted by Gasteiger charge is -2.37. The van der Waals surface area contributed by atoms with Crippen LogP contribution in [0.3, 0.4) is 0 Å². The van der Waals surface area contributed by atoms with Crippen LogP contribution in [-0.4, -0.2) is 81.0 Å². The molecule has 0 saturated carbocycles. The van der Waals surface area contributed by atoms with Crippen LogP contribution < -0.4 is 19.7 Å². The molecule has 3 aromatic rings. The molecule has 4 rings (SSSR count). The fraction of sp³-hybridized carbons (Fsp3) is 0.323. The lowest BCUT2D eigenvalue weighted by Crippen LogP contribution is -2.49. The van der Waals surface area contributed by atoms with Gasteiger partial charge in [-0.2, -0.15) is 0 Å². The van der Waals surface area contributed by atoms with Gasteiger partial charge in [0.2, 0.25) is 0 Å². The monoisotopic (exact) mass is 544 g/mol. The third-order valence-electron chi connectivity index (χ3n) is 7.11. The van der Waals surface area contributed by atoms with Gasteiger partial charge in [0, 0.05) is 61.8 Å². The number of rotatable bonds is 9. The summed E-state index contributed by atoms with van der Waals surface area (Å²) >= 11 is 0. The number of anilines is 2. The van der Waals surface area contributed by atoms with Gasteiger partial charge in [0.25, 0.3) is 17.7 Å². The molecule has 0 aromatic heterocycles. The Morgan fingerprint density at radius 3 is 2.10 bits per heavy atom. The Morgan fingerprint density at radius 1 is 0.800 bits per heavy atom. The maximum atomic E-state index is 13.6. The van der Waals surface area contributed by atoms with E-state index in [1.165, 1.54) is 0 Å². The van der Waals surface area contributed by atoms with Gasteiger partial charge < -0.3 is 29.5 Å². The molecule has 1 aliphatic rings. The van der Waals surface area contributed by atoms with Crippen molar-refractivity contribution in [1.29, 1.82) is 0 Å². The molecule has 0 radical (unpaired) electrons. The number of amides is 3. The number of nitrogens with zero attached hydrogens (tertiary/aromatic N) is 3. The molecule has 0 unspecified atom stereocenters. The van der Waals surface area contributed by atoms with E-state index >= 15 is 0 Å². The maximum absolute atomic E-state index is 13.6. The molecule has 1 aliphatic heterocycles. The quantitative estimate of drug-likeness (QED) is 0.430. The molecule has 1 saturated heterocycles. The number of piperazine rings is 1. The fourth-order valence-electron chi connectivity index (χ4n) is 4.78. The molecule has 40 heavy (non-hydrogen) atoms. The number of carbonyl (C=O) groups excluding carboxylic acids is 3. The van der Waals surface area contributed by atoms with Gasteiger partial charge in [-0.15, -0.1) is 0 Å². The highest BCUT2D eigenvalue weighted by Crippen LogP contribution is 2.28. The molecule has 9 heteroatoms. The SMILES string of the molecule is CCN(CC)C(=O)c1cc(NC(=O)c2cccc(OC)c2)ccc1N1CCN(C(=O)c2ccc(OC)cc2)CC1. The summed E-state index contributed by atoms with van der Waals surface area (Å²) < 4.78 is 10.4. The highest BCUT2D eigenvalue weighted by Gasteiger charge is 2.26. The predicted molar refractivity (Wildman–Crippen MR) is 156 cm³/mol. The van der Waals surface area contributed by atoms with E-state index in [9.17, 15) is 14.4 Å². The smallest absolute Gasteiger partial charge is 0.256 e. The molecule has 3 aromatic carbocycles. The van der Waals surface area contributed by atoms with Gasteiger partial charge in [-0.3, -0.25) is 14.4 Å². The van der Waals surface area contributed by atoms with Crippen molar-refractivity contribution in [2.75, 3.05) is 63.7 Å². The zero-order chi connectivity index (χ0) is 28.6. The molecular formula is C31H36N4O5. The minimum Gasteiger partial charge on any atom is -0.497 e. The Balaban J connectivity index is 1.53. The Hall–Kier alpha value is -4.53. The van der Waals surface area contributed by atoms with Crippen molar-refractivity contribution in [3.63, 3.8) is 0 Å². The average molecular weight is 545 g/mol. The van der Waals surface area contributed by atoms with Crippen LogP contribution >= 0.6 is 0 Å². The van der Waals surface area contributed by atoms with Crippen molar-refractivity contribution in [3.8, 4) is 11.5 Å². The first-order valence-corrected chi connectivity index (χ1v) is 13.5. The van der Waals surface area contributed by atoms with Gasteiger partial charge in [0.1, 0.15) is 11.5 Å². The van der Waals surface area contributed by atoms with Crippen LogP contribution in [0.5, 0.6) is 11.5 Å². The molecule has 3 amide bonds. The van der Waals surface area contributed by atoms with Crippen molar-refractivity contribution >= 4 is 29.1 Å². The number of benzene rings is 3. The van der Waals surface area contributed by atoms with Gasteiger partial charge in [-0.1, -0.05) is 6.07 Å². The van der Waals surface area contributed by atoms with Gasteiger partial charge in [0.15, 0.2) is 0 Å². The molecule has 0 atom stereocenters. The van der Waals surface area contributed by atoms with E-state index in [0.717, 1.165) is 5.69 Å². The number of hydrogen-bond donors (Lipinski definition) is 1. The molecule has 0 spiro atoms. The Morgan fingerprint density at radius 2 is 1.48 bits per heavy atom. The highest BCUT2D eigenvalue weighted by molar-refractivity contribution is 6.06. The summed E-state index contributed by atoms with van der Waals surface area (Å²) in [5, 5.41) is 2.91. The Bertz CT molecular complexity index is 1350. The van der Waals surface area contributed by atoms with E-state index < -0.39 is 0 Å². The molecule has 1 N–H and O–H groups in total. The first kappa shape index (κ1) is 28.5. The van der Waals surface area contributed by atoms with Crippen LogP contribution in [0.15, 0.2) is 66.7 Å². The fourth-order valence-corrected chi connectivity index (χ4v) is 4.78. The van der Waals surface area contributed by atoms with E-state index in [1.807, 2.05) is 24.8 Å². The number of nitrogens with one attached hydrogen (secondary N) is 1. The third kappa shape index (κ3) is 6.36. The second-order valence-electron chi connectivity index (χ2n) is 9.40. The average Bonchev–Trinajstić information content (AvgIpc) is 3.01. The van der Waals surface area contributed by atoms with Crippen LogP contribution in [0, 0.1) is 0 Å². The predicted octanol–water partition coefficient (Wildman–Crippen LogP) is 4.40. The third-order valence-corrected chi connectivity index (χ3v) is 7.11. The van der Waals surface area contributed by atoms with Crippen molar-refractivity contribution in [2.24, 2.45) is 0 Å². The number of hydrogen-bond acceptors (Lipinski definition) is 6. The standard InChI is InChI=1S/C31H36N4O5/c1-5-33(6-2)31(38)27-21-24(32-29(36)23-8-7-9-26(20-23)40-4)12-15-28(27)34-16-18-35(19-17-34)30(37)22-10-13-25(39-3)14-11-22/h7-15,20-21H,5-6,16-19H2,1-4H3,(H,32,36). The molecule has 1 heterocycles. The van der Waals surface area contributed by atoms with Gasteiger partial charge in [0.05, 0.1) is 19.8 Å². The lowest BCUT2D eigenvalue weighted by atomic mass is 10.1. The minimum absolute atomic E-state index is 0.0302. The van der Waals surface area contributed by atoms with Gasteiger partial charge in [-0.25, -0.2) is 0 Å². The normalized spacial score (nSPS) is 13.0. The number of methoxy groups -OCH3 is 2. The largest absolute Gasteiger partial charge is 0.497 e. The minimum atomic E-state index is -0.293. The van der Waals surface area contributed by atoms with E-state index in [1.54, 1.807) is 79.8 Å². The number of carbonyl (C=O) groups is 3. The Labute approximate surface area is 235 Å². The van der Waals surface area contributed by atoms with Crippen molar-refractivity contribution in [3.05, 3.63) is 83.4 Å². The summed E-state index contributed by atoms with van der Waals surface area (Å²) in [6.07, 6.45) is 0. The van der Waals surface area contributed by atoms with Gasteiger partial charge >= 0.3 is 0 Å². The van der Waals surface area contributed by atoms with E-state index in [0.29, 0.717) is 73.1 Å². The molecule has 1 fully saturated rings. The lowest BCUT2D eigenvalue weighted by molar-refractivity contribution is 0.0740. The summed E-state index contributed by atoms with van der Waals surface area (Å²) in [6.45, 7) is 7.23. The van der Waals surface area contributed by atoms with Crippen molar-refractivity contribution in [1.82, 2.24) is 9.80 Å². The Kier molecular flexibility index (Phi) is 9.27. The topological polar surface area (TPSA) is 91.4 Å². The van der Waals surface area contributed by atoms with E-state index in [2.05, 4.69) is 10.2 Å². The van der Waals surface area contributed by atoms with Crippen LogP contribution in [0.4, 0.5) is 11.4 Å². The van der Waals surface area contributed by atoms with Crippen LogP contribution in [0.25, 0.3) is 0 Å². The van der Waals surface area contributed by atoms with Crippen LogP contribution in [0.2, 0.25) is 0 Å². The highest BCUT2D eigenvalue weighted by atomic mass is 16.5. The second-order valence-corrected chi connectivity index (χ2v) is 9.40. The summed E-state index contributed by atoms with van der Waals surface area (Å²) in [4.78, 5) is 45.3. The van der Waals surface area contributed by atoms with Crippen LogP contribution in [0.1, 0.15) is 44.9 Å². The van der Waals surface area contributed by atoms with Crippen LogP contribution in [-0.2, 0) is 0 Å². The van der Waals surface area contributed by atoms with E-state index in [4.69, 9.17) is 9.47 Å².